The molecular weight excluding hydrogens is 270 g/mol. The van der Waals surface area contributed by atoms with Crippen molar-refractivity contribution in [3.8, 4) is 0 Å². The molecule has 1 amide bonds. The van der Waals surface area contributed by atoms with Gasteiger partial charge < -0.3 is 5.32 Å². The van der Waals surface area contributed by atoms with Crippen LogP contribution in [-0.4, -0.2) is 33.1 Å². The Hall–Kier alpha value is -1.49. The Morgan fingerprint density at radius 3 is 3.25 bits per heavy atom. The van der Waals surface area contributed by atoms with Gasteiger partial charge in [-0.25, -0.2) is 0 Å². The van der Waals surface area contributed by atoms with Crippen molar-refractivity contribution >= 4 is 28.6 Å². The van der Waals surface area contributed by atoms with E-state index in [1.54, 1.807) is 6.20 Å². The normalized spacial score (nSPS) is 22.2. The van der Waals surface area contributed by atoms with Gasteiger partial charge in [0.2, 0.25) is 0 Å². The van der Waals surface area contributed by atoms with Gasteiger partial charge in [0, 0.05) is 22.2 Å². The zero-order valence-electron chi connectivity index (χ0n) is 11.6. The molecule has 4 nitrogen and oxygen atoms in total. The second kappa shape index (κ2) is 5.87. The topological polar surface area (TPSA) is 57.8 Å². The molecule has 20 heavy (non-hydrogen) atoms. The van der Waals surface area contributed by atoms with Gasteiger partial charge in [0.1, 0.15) is 0 Å². The van der Waals surface area contributed by atoms with E-state index in [9.17, 15) is 4.79 Å². The first-order valence-electron chi connectivity index (χ1n) is 7.13. The van der Waals surface area contributed by atoms with Crippen molar-refractivity contribution in [2.75, 3.05) is 5.75 Å². The Kier molecular flexibility index (Phi) is 3.96. The number of amides is 1. The zero-order chi connectivity index (χ0) is 13.9. The maximum absolute atomic E-state index is 12.4. The average Bonchev–Trinajstić information content (AvgIpc) is 3.07. The Balaban J connectivity index is 1.72. The van der Waals surface area contributed by atoms with Crippen LogP contribution in [0.1, 0.15) is 36.5 Å². The van der Waals surface area contributed by atoms with Crippen LogP contribution in [0.15, 0.2) is 24.4 Å². The molecule has 1 saturated carbocycles. The minimum absolute atomic E-state index is 0.0232. The van der Waals surface area contributed by atoms with Gasteiger partial charge in [0.05, 0.1) is 11.7 Å². The van der Waals surface area contributed by atoms with E-state index in [-0.39, 0.29) is 5.91 Å². The van der Waals surface area contributed by atoms with Crippen molar-refractivity contribution < 1.29 is 4.79 Å². The van der Waals surface area contributed by atoms with Gasteiger partial charge in [-0.05, 0) is 30.7 Å². The van der Waals surface area contributed by atoms with Gasteiger partial charge in [0.25, 0.3) is 5.91 Å². The second-order valence-electron chi connectivity index (χ2n) is 5.18. The van der Waals surface area contributed by atoms with Crippen LogP contribution >= 0.6 is 11.8 Å². The highest BCUT2D eigenvalue weighted by Gasteiger charge is 2.28. The molecule has 0 radical (unpaired) electrons. The molecule has 0 bridgehead atoms. The number of carbonyl (C=O) groups excluding carboxylic acids is 1. The quantitative estimate of drug-likeness (QED) is 0.909. The van der Waals surface area contributed by atoms with Crippen LogP contribution in [0.4, 0.5) is 0 Å². The molecule has 2 aromatic rings. The number of benzene rings is 1. The molecule has 3 rings (SSSR count). The molecule has 5 heteroatoms. The predicted octanol–water partition coefficient (Wildman–Crippen LogP) is 2.97. The van der Waals surface area contributed by atoms with Crippen molar-refractivity contribution in [1.82, 2.24) is 15.5 Å². The number of hydrogen-bond acceptors (Lipinski definition) is 3. The van der Waals surface area contributed by atoms with Gasteiger partial charge in [-0.2, -0.15) is 16.9 Å². The van der Waals surface area contributed by atoms with E-state index in [0.717, 1.165) is 23.1 Å². The van der Waals surface area contributed by atoms with Crippen LogP contribution in [0, 0.1) is 0 Å². The third-order valence-electron chi connectivity index (χ3n) is 3.85. The van der Waals surface area contributed by atoms with Crippen LogP contribution in [0.2, 0.25) is 0 Å². The molecular formula is C15H19N3OS. The number of fused-ring (bicyclic) bond motifs is 1. The number of carbonyl (C=O) groups is 1. The fourth-order valence-electron chi connectivity index (χ4n) is 2.83. The van der Waals surface area contributed by atoms with E-state index in [1.807, 2.05) is 30.0 Å². The SMILES string of the molecule is CCSC1CCCC1NC(=O)c1ccc2cn[nH]c2c1. The first-order valence-corrected chi connectivity index (χ1v) is 8.18. The van der Waals surface area contributed by atoms with Gasteiger partial charge in [-0.15, -0.1) is 0 Å². The maximum Gasteiger partial charge on any atom is 0.251 e. The van der Waals surface area contributed by atoms with Gasteiger partial charge in [-0.3, -0.25) is 9.89 Å². The molecule has 2 N–H and O–H groups in total. The lowest BCUT2D eigenvalue weighted by Crippen LogP contribution is -2.38. The van der Waals surface area contributed by atoms with Gasteiger partial charge >= 0.3 is 0 Å². The minimum atomic E-state index is 0.0232. The van der Waals surface area contributed by atoms with E-state index in [0.29, 0.717) is 16.9 Å². The fraction of sp³-hybridized carbons (Fsp3) is 0.467. The minimum Gasteiger partial charge on any atom is -0.348 e. The lowest BCUT2D eigenvalue weighted by molar-refractivity contribution is 0.0939. The van der Waals surface area contributed by atoms with Crippen LogP contribution < -0.4 is 5.32 Å². The van der Waals surface area contributed by atoms with Crippen molar-refractivity contribution in [3.05, 3.63) is 30.0 Å². The lowest BCUT2D eigenvalue weighted by Gasteiger charge is -2.20. The zero-order valence-corrected chi connectivity index (χ0v) is 12.4. The number of H-pyrrole nitrogens is 1. The Labute approximate surface area is 122 Å². The second-order valence-corrected chi connectivity index (χ2v) is 6.69. The van der Waals surface area contributed by atoms with Crippen molar-refractivity contribution in [3.63, 3.8) is 0 Å². The highest BCUT2D eigenvalue weighted by atomic mass is 32.2. The van der Waals surface area contributed by atoms with Crippen molar-refractivity contribution in [2.45, 2.75) is 37.5 Å². The largest absolute Gasteiger partial charge is 0.348 e. The summed E-state index contributed by atoms with van der Waals surface area (Å²) in [6, 6.07) is 5.98. The van der Waals surface area contributed by atoms with Crippen molar-refractivity contribution in [1.29, 1.82) is 0 Å². The molecule has 2 atom stereocenters. The highest BCUT2D eigenvalue weighted by molar-refractivity contribution is 7.99. The summed E-state index contributed by atoms with van der Waals surface area (Å²) in [4.78, 5) is 12.4. The summed E-state index contributed by atoms with van der Waals surface area (Å²) in [5.74, 6) is 1.13. The number of thioether (sulfide) groups is 1. The van der Waals surface area contributed by atoms with Crippen LogP contribution in [0.5, 0.6) is 0 Å². The molecule has 2 unspecified atom stereocenters. The van der Waals surface area contributed by atoms with Crippen LogP contribution in [-0.2, 0) is 0 Å². The molecule has 1 aliphatic rings. The molecule has 1 heterocycles. The van der Waals surface area contributed by atoms with E-state index < -0.39 is 0 Å². The summed E-state index contributed by atoms with van der Waals surface area (Å²) < 4.78 is 0. The van der Waals surface area contributed by atoms with E-state index >= 15 is 0 Å². The summed E-state index contributed by atoms with van der Waals surface area (Å²) in [7, 11) is 0. The number of nitrogens with zero attached hydrogens (tertiary/aromatic N) is 1. The predicted molar refractivity (Wildman–Crippen MR) is 83.1 cm³/mol. The standard InChI is InChI=1S/C15H19N3OS/c1-2-20-14-5-3-4-12(14)17-15(19)10-6-7-11-9-16-18-13(11)8-10/h6-9,12,14H,2-5H2,1H3,(H,16,18)(H,17,19). The number of nitrogens with one attached hydrogen (secondary N) is 2. The molecule has 1 aromatic carbocycles. The Morgan fingerprint density at radius 1 is 1.50 bits per heavy atom. The molecule has 106 valence electrons. The summed E-state index contributed by atoms with van der Waals surface area (Å²) in [6.07, 6.45) is 5.28. The third kappa shape index (κ3) is 2.68. The fourth-order valence-corrected chi connectivity index (χ4v) is 4.03. The molecule has 1 fully saturated rings. The summed E-state index contributed by atoms with van der Waals surface area (Å²) in [6.45, 7) is 2.17. The number of aromatic amines is 1. The molecule has 1 aromatic heterocycles. The molecule has 1 aliphatic carbocycles. The van der Waals surface area contributed by atoms with Gasteiger partial charge in [-0.1, -0.05) is 19.4 Å². The molecule has 0 saturated heterocycles. The molecule has 0 spiro atoms. The smallest absolute Gasteiger partial charge is 0.251 e. The number of aromatic nitrogens is 2. The monoisotopic (exact) mass is 289 g/mol. The van der Waals surface area contributed by atoms with Crippen LogP contribution in [0.25, 0.3) is 10.9 Å². The third-order valence-corrected chi connectivity index (χ3v) is 5.18. The van der Waals surface area contributed by atoms with E-state index in [1.165, 1.54) is 12.8 Å². The van der Waals surface area contributed by atoms with E-state index in [2.05, 4.69) is 22.4 Å². The summed E-state index contributed by atoms with van der Waals surface area (Å²) in [5.41, 5.74) is 1.61. The van der Waals surface area contributed by atoms with E-state index in [4.69, 9.17) is 0 Å². The average molecular weight is 289 g/mol. The Morgan fingerprint density at radius 2 is 2.40 bits per heavy atom. The number of rotatable bonds is 4. The lowest BCUT2D eigenvalue weighted by atomic mass is 10.1. The highest BCUT2D eigenvalue weighted by Crippen LogP contribution is 2.30. The van der Waals surface area contributed by atoms with Crippen molar-refractivity contribution in [2.24, 2.45) is 0 Å². The van der Waals surface area contributed by atoms with Gasteiger partial charge in [0.15, 0.2) is 0 Å². The van der Waals surface area contributed by atoms with Crippen LogP contribution in [0.3, 0.4) is 0 Å². The number of hydrogen-bond donors (Lipinski definition) is 2. The Bertz CT molecular complexity index is 610. The summed E-state index contributed by atoms with van der Waals surface area (Å²) >= 11 is 1.96. The first-order chi connectivity index (χ1) is 9.78. The first kappa shape index (κ1) is 13.5. The maximum atomic E-state index is 12.4. The molecule has 0 aliphatic heterocycles. The summed E-state index contributed by atoms with van der Waals surface area (Å²) in [5, 5.41) is 11.7.